The molecule has 1 saturated heterocycles. The number of hydrogen-bond donors (Lipinski definition) is 1. The number of alkyl carbamates (subject to hydrolysis) is 1. The standard InChI is InChI=1S/C25H29ClN2O5/c1-25(2,3)33-24(30)27-15-20-13-19-12-18(14-21(26)22(19)32-20)16-4-6-17(7-5-16)23(29)28-8-10-31-11-9-28/h4-7,12,14,20H,8-11,13,15H2,1-3H3,(H,27,30). The van der Waals surface area contributed by atoms with Crippen LogP contribution in [0.15, 0.2) is 36.4 Å². The van der Waals surface area contributed by atoms with Crippen molar-refractivity contribution in [2.75, 3.05) is 32.8 Å². The molecule has 0 saturated carbocycles. The molecule has 1 fully saturated rings. The van der Waals surface area contributed by atoms with E-state index in [1.165, 1.54) is 0 Å². The maximum absolute atomic E-state index is 12.7. The van der Waals surface area contributed by atoms with Gasteiger partial charge in [-0.25, -0.2) is 4.79 Å². The molecule has 2 aliphatic heterocycles. The summed E-state index contributed by atoms with van der Waals surface area (Å²) in [6.45, 7) is 8.17. The largest absolute Gasteiger partial charge is 0.486 e. The minimum Gasteiger partial charge on any atom is -0.486 e. The second-order valence-corrected chi connectivity index (χ2v) is 9.66. The number of fused-ring (bicyclic) bond motifs is 1. The first-order chi connectivity index (χ1) is 15.7. The van der Waals surface area contributed by atoms with Gasteiger partial charge in [0, 0.05) is 30.6 Å². The highest BCUT2D eigenvalue weighted by Gasteiger charge is 2.27. The van der Waals surface area contributed by atoms with Crippen LogP contribution >= 0.6 is 11.6 Å². The van der Waals surface area contributed by atoms with Crippen LogP contribution in [0.1, 0.15) is 36.7 Å². The van der Waals surface area contributed by atoms with Crippen LogP contribution in [0.5, 0.6) is 5.75 Å². The Morgan fingerprint density at radius 3 is 2.48 bits per heavy atom. The fourth-order valence-electron chi connectivity index (χ4n) is 3.93. The Hall–Kier alpha value is -2.77. The van der Waals surface area contributed by atoms with Crippen molar-refractivity contribution in [2.45, 2.75) is 38.9 Å². The molecule has 1 N–H and O–H groups in total. The highest BCUT2D eigenvalue weighted by Crippen LogP contribution is 2.39. The molecule has 8 heteroatoms. The van der Waals surface area contributed by atoms with Gasteiger partial charge in [-0.2, -0.15) is 0 Å². The van der Waals surface area contributed by atoms with Gasteiger partial charge in [0.25, 0.3) is 5.91 Å². The number of amides is 2. The lowest BCUT2D eigenvalue weighted by atomic mass is 9.99. The van der Waals surface area contributed by atoms with Crippen LogP contribution in [-0.2, 0) is 15.9 Å². The lowest BCUT2D eigenvalue weighted by Gasteiger charge is -2.26. The molecule has 7 nitrogen and oxygen atoms in total. The summed E-state index contributed by atoms with van der Waals surface area (Å²) in [5.41, 5.74) is 3.01. The molecule has 1 unspecified atom stereocenters. The predicted octanol–water partition coefficient (Wildman–Crippen LogP) is 4.31. The van der Waals surface area contributed by atoms with Crippen molar-refractivity contribution >= 4 is 23.6 Å². The molecule has 4 rings (SSSR count). The van der Waals surface area contributed by atoms with Crippen LogP contribution in [-0.4, -0.2) is 61.5 Å². The van der Waals surface area contributed by atoms with Gasteiger partial charge in [-0.15, -0.1) is 0 Å². The summed E-state index contributed by atoms with van der Waals surface area (Å²) in [5, 5.41) is 3.28. The zero-order chi connectivity index (χ0) is 23.6. The van der Waals surface area contributed by atoms with E-state index in [0.29, 0.717) is 55.6 Å². The number of halogens is 1. The Kier molecular flexibility index (Phi) is 6.81. The van der Waals surface area contributed by atoms with E-state index in [9.17, 15) is 9.59 Å². The lowest BCUT2D eigenvalue weighted by Crippen LogP contribution is -2.40. The number of ether oxygens (including phenoxy) is 3. The number of benzene rings is 2. The highest BCUT2D eigenvalue weighted by molar-refractivity contribution is 6.32. The fraction of sp³-hybridized carbons (Fsp3) is 0.440. The molecule has 0 spiro atoms. The number of nitrogens with zero attached hydrogens (tertiary/aromatic N) is 1. The van der Waals surface area contributed by atoms with E-state index < -0.39 is 11.7 Å². The SMILES string of the molecule is CC(C)(C)OC(=O)NCC1Cc2cc(-c3ccc(C(=O)N4CCOCC4)cc3)cc(Cl)c2O1. The predicted molar refractivity (Wildman–Crippen MR) is 126 cm³/mol. The van der Waals surface area contributed by atoms with E-state index in [0.717, 1.165) is 16.7 Å². The molecule has 0 radical (unpaired) electrons. The van der Waals surface area contributed by atoms with Crippen LogP contribution < -0.4 is 10.1 Å². The summed E-state index contributed by atoms with van der Waals surface area (Å²) in [6, 6.07) is 11.5. The number of carbonyl (C=O) groups is 2. The molecule has 2 amide bonds. The van der Waals surface area contributed by atoms with Crippen molar-refractivity contribution in [3.63, 3.8) is 0 Å². The van der Waals surface area contributed by atoms with Crippen molar-refractivity contribution in [3.05, 3.63) is 52.5 Å². The van der Waals surface area contributed by atoms with Crippen LogP contribution in [0.2, 0.25) is 5.02 Å². The van der Waals surface area contributed by atoms with Crippen molar-refractivity contribution in [2.24, 2.45) is 0 Å². The lowest BCUT2D eigenvalue weighted by molar-refractivity contribution is 0.0303. The summed E-state index contributed by atoms with van der Waals surface area (Å²) >= 11 is 6.51. The van der Waals surface area contributed by atoms with Crippen LogP contribution in [0.25, 0.3) is 11.1 Å². The average molecular weight is 473 g/mol. The third kappa shape index (κ3) is 5.78. The molecule has 2 aliphatic rings. The summed E-state index contributed by atoms with van der Waals surface area (Å²) < 4.78 is 16.6. The van der Waals surface area contributed by atoms with Gasteiger partial charge in [-0.3, -0.25) is 4.79 Å². The number of nitrogens with one attached hydrogen (secondary N) is 1. The van der Waals surface area contributed by atoms with Gasteiger partial charge in [0.15, 0.2) is 0 Å². The number of rotatable bonds is 4. The monoisotopic (exact) mass is 472 g/mol. The highest BCUT2D eigenvalue weighted by atomic mass is 35.5. The van der Waals surface area contributed by atoms with Gasteiger partial charge in [-0.1, -0.05) is 23.7 Å². The summed E-state index contributed by atoms with van der Waals surface area (Å²) in [6.07, 6.45) is -0.0545. The molecule has 2 aromatic carbocycles. The Bertz CT molecular complexity index is 1030. The van der Waals surface area contributed by atoms with Crippen LogP contribution in [0.3, 0.4) is 0 Å². The Balaban J connectivity index is 1.41. The molecular formula is C25H29ClN2O5. The molecular weight excluding hydrogens is 444 g/mol. The molecule has 2 aromatic rings. The zero-order valence-electron chi connectivity index (χ0n) is 19.2. The van der Waals surface area contributed by atoms with Crippen molar-refractivity contribution < 1.29 is 23.8 Å². The Morgan fingerprint density at radius 1 is 1.12 bits per heavy atom. The second-order valence-electron chi connectivity index (χ2n) is 9.26. The minimum atomic E-state index is -0.551. The first kappa shape index (κ1) is 23.4. The van der Waals surface area contributed by atoms with Gasteiger partial charge >= 0.3 is 6.09 Å². The maximum Gasteiger partial charge on any atom is 0.407 e. The van der Waals surface area contributed by atoms with E-state index in [-0.39, 0.29) is 12.0 Å². The third-order valence-corrected chi connectivity index (χ3v) is 5.77. The summed E-state index contributed by atoms with van der Waals surface area (Å²) in [5.74, 6) is 0.668. The van der Waals surface area contributed by atoms with Crippen molar-refractivity contribution in [3.8, 4) is 16.9 Å². The number of hydrogen-bond acceptors (Lipinski definition) is 5. The van der Waals surface area contributed by atoms with E-state index in [1.807, 2.05) is 62.1 Å². The summed E-state index contributed by atoms with van der Waals surface area (Å²) in [4.78, 5) is 26.4. The molecule has 0 aromatic heterocycles. The molecule has 33 heavy (non-hydrogen) atoms. The average Bonchev–Trinajstić information content (AvgIpc) is 3.20. The molecule has 0 bridgehead atoms. The first-order valence-electron chi connectivity index (χ1n) is 11.1. The topological polar surface area (TPSA) is 77.1 Å². The van der Waals surface area contributed by atoms with E-state index in [2.05, 4.69) is 5.32 Å². The molecule has 176 valence electrons. The Labute approximate surface area is 198 Å². The van der Waals surface area contributed by atoms with Crippen LogP contribution in [0, 0.1) is 0 Å². The number of morpholine rings is 1. The first-order valence-corrected chi connectivity index (χ1v) is 11.5. The van der Waals surface area contributed by atoms with Gasteiger partial charge in [-0.05, 0) is 56.2 Å². The minimum absolute atomic E-state index is 0.0190. The maximum atomic E-state index is 12.7. The van der Waals surface area contributed by atoms with Crippen LogP contribution in [0.4, 0.5) is 4.79 Å². The summed E-state index contributed by atoms with van der Waals surface area (Å²) in [7, 11) is 0. The Morgan fingerprint density at radius 2 is 1.82 bits per heavy atom. The van der Waals surface area contributed by atoms with Gasteiger partial charge < -0.3 is 24.4 Å². The molecule has 0 aliphatic carbocycles. The normalized spacial score (nSPS) is 17.8. The second kappa shape index (κ2) is 9.61. The quantitative estimate of drug-likeness (QED) is 0.717. The zero-order valence-corrected chi connectivity index (χ0v) is 19.9. The molecule has 2 heterocycles. The van der Waals surface area contributed by atoms with Gasteiger partial charge in [0.2, 0.25) is 0 Å². The number of carbonyl (C=O) groups excluding carboxylic acids is 2. The van der Waals surface area contributed by atoms with E-state index in [1.54, 1.807) is 0 Å². The van der Waals surface area contributed by atoms with Crippen molar-refractivity contribution in [1.82, 2.24) is 10.2 Å². The fourth-order valence-corrected chi connectivity index (χ4v) is 4.22. The van der Waals surface area contributed by atoms with Gasteiger partial charge in [0.05, 0.1) is 24.8 Å². The van der Waals surface area contributed by atoms with E-state index in [4.69, 9.17) is 25.8 Å². The van der Waals surface area contributed by atoms with Crippen molar-refractivity contribution in [1.29, 1.82) is 0 Å². The third-order valence-electron chi connectivity index (χ3n) is 5.49. The molecule has 1 atom stereocenters. The van der Waals surface area contributed by atoms with E-state index >= 15 is 0 Å². The smallest absolute Gasteiger partial charge is 0.407 e. The van der Waals surface area contributed by atoms with Gasteiger partial charge in [0.1, 0.15) is 17.5 Å².